The summed E-state index contributed by atoms with van der Waals surface area (Å²) in [6, 6.07) is 5.60. The standard InChI is InChI=1S/C20H28N6O2/c1-16-13-17(2)26(23-16)15-20(28)25-9-4-8-24(11-12-25)10-6-19(27)22-18-5-3-7-21-14-18/h3,5,7,13-14H,4,6,8-12,15H2,1-2H3,(H,22,27). The average molecular weight is 384 g/mol. The summed E-state index contributed by atoms with van der Waals surface area (Å²) in [5.74, 6) is 0.0806. The number of carbonyl (C=O) groups is 2. The van der Waals surface area contributed by atoms with Crippen molar-refractivity contribution in [3.8, 4) is 0 Å². The van der Waals surface area contributed by atoms with Gasteiger partial charge in [-0.1, -0.05) is 0 Å². The van der Waals surface area contributed by atoms with Gasteiger partial charge in [-0.2, -0.15) is 5.10 Å². The summed E-state index contributed by atoms with van der Waals surface area (Å²) in [5, 5.41) is 7.23. The minimum Gasteiger partial charge on any atom is -0.340 e. The van der Waals surface area contributed by atoms with Crippen molar-refractivity contribution < 1.29 is 9.59 Å². The second-order valence-corrected chi connectivity index (χ2v) is 7.20. The Morgan fingerprint density at radius 3 is 2.75 bits per heavy atom. The van der Waals surface area contributed by atoms with Crippen molar-refractivity contribution in [3.05, 3.63) is 42.0 Å². The zero-order valence-electron chi connectivity index (χ0n) is 16.6. The lowest BCUT2D eigenvalue weighted by Crippen LogP contribution is -2.38. The molecule has 150 valence electrons. The van der Waals surface area contributed by atoms with Crippen LogP contribution in [0.5, 0.6) is 0 Å². The van der Waals surface area contributed by atoms with Gasteiger partial charge in [0.25, 0.3) is 0 Å². The van der Waals surface area contributed by atoms with Crippen LogP contribution in [-0.2, 0) is 16.1 Å². The molecule has 1 aliphatic heterocycles. The lowest BCUT2D eigenvalue weighted by atomic mass is 10.3. The van der Waals surface area contributed by atoms with Crippen molar-refractivity contribution in [3.63, 3.8) is 0 Å². The van der Waals surface area contributed by atoms with E-state index < -0.39 is 0 Å². The molecule has 0 aromatic carbocycles. The molecule has 8 heteroatoms. The van der Waals surface area contributed by atoms with E-state index in [-0.39, 0.29) is 18.4 Å². The molecular formula is C20H28N6O2. The van der Waals surface area contributed by atoms with Gasteiger partial charge in [-0.3, -0.25) is 19.3 Å². The molecule has 1 N–H and O–H groups in total. The number of hydrogen-bond acceptors (Lipinski definition) is 5. The summed E-state index contributed by atoms with van der Waals surface area (Å²) in [6.45, 7) is 7.97. The van der Waals surface area contributed by atoms with Crippen LogP contribution in [0.25, 0.3) is 0 Å². The molecule has 2 amide bonds. The van der Waals surface area contributed by atoms with Gasteiger partial charge in [0, 0.05) is 44.5 Å². The zero-order chi connectivity index (χ0) is 19.9. The maximum Gasteiger partial charge on any atom is 0.244 e. The van der Waals surface area contributed by atoms with E-state index in [4.69, 9.17) is 0 Å². The zero-order valence-corrected chi connectivity index (χ0v) is 16.6. The number of anilines is 1. The highest BCUT2D eigenvalue weighted by Gasteiger charge is 2.20. The van der Waals surface area contributed by atoms with Gasteiger partial charge in [-0.05, 0) is 45.0 Å². The Hall–Kier alpha value is -2.74. The molecular weight excluding hydrogens is 356 g/mol. The fourth-order valence-corrected chi connectivity index (χ4v) is 3.43. The highest BCUT2D eigenvalue weighted by atomic mass is 16.2. The first-order valence-electron chi connectivity index (χ1n) is 9.72. The van der Waals surface area contributed by atoms with E-state index in [1.807, 2.05) is 30.9 Å². The van der Waals surface area contributed by atoms with Crippen LogP contribution in [-0.4, -0.2) is 69.1 Å². The van der Waals surface area contributed by atoms with Crippen LogP contribution in [0.3, 0.4) is 0 Å². The fraction of sp³-hybridized carbons (Fsp3) is 0.500. The second-order valence-electron chi connectivity index (χ2n) is 7.20. The normalized spacial score (nSPS) is 15.3. The SMILES string of the molecule is Cc1cc(C)n(CC(=O)N2CCCN(CCC(=O)Nc3cccnc3)CC2)n1. The Morgan fingerprint density at radius 2 is 2.04 bits per heavy atom. The summed E-state index contributed by atoms with van der Waals surface area (Å²) in [6.07, 6.45) is 4.65. The number of amides is 2. The molecule has 1 saturated heterocycles. The number of pyridine rings is 1. The minimum atomic E-state index is -0.0188. The van der Waals surface area contributed by atoms with Crippen LogP contribution in [0.2, 0.25) is 0 Å². The summed E-state index contributed by atoms with van der Waals surface area (Å²) < 4.78 is 1.77. The maximum absolute atomic E-state index is 12.6. The molecule has 0 spiro atoms. The molecule has 2 aromatic rings. The van der Waals surface area contributed by atoms with Crippen molar-refractivity contribution in [1.29, 1.82) is 0 Å². The van der Waals surface area contributed by atoms with E-state index in [1.54, 1.807) is 23.1 Å². The summed E-state index contributed by atoms with van der Waals surface area (Å²) in [5.41, 5.74) is 2.64. The van der Waals surface area contributed by atoms with Crippen LogP contribution in [0, 0.1) is 13.8 Å². The molecule has 1 fully saturated rings. The Morgan fingerprint density at radius 1 is 1.18 bits per heavy atom. The van der Waals surface area contributed by atoms with Crippen LogP contribution in [0.15, 0.2) is 30.6 Å². The third kappa shape index (κ3) is 5.63. The number of rotatable bonds is 6. The molecule has 0 atom stereocenters. The van der Waals surface area contributed by atoms with E-state index in [0.29, 0.717) is 25.2 Å². The first-order chi connectivity index (χ1) is 13.5. The number of aryl methyl sites for hydroxylation is 2. The lowest BCUT2D eigenvalue weighted by Gasteiger charge is -2.22. The monoisotopic (exact) mass is 384 g/mol. The van der Waals surface area contributed by atoms with Crippen molar-refractivity contribution in [2.45, 2.75) is 33.2 Å². The second kappa shape index (κ2) is 9.45. The van der Waals surface area contributed by atoms with Crippen molar-refractivity contribution >= 4 is 17.5 Å². The smallest absolute Gasteiger partial charge is 0.244 e. The number of aromatic nitrogens is 3. The van der Waals surface area contributed by atoms with Gasteiger partial charge < -0.3 is 15.1 Å². The summed E-state index contributed by atoms with van der Waals surface area (Å²) in [4.78, 5) is 32.9. The fourth-order valence-electron chi connectivity index (χ4n) is 3.43. The van der Waals surface area contributed by atoms with E-state index in [1.165, 1.54) is 0 Å². The van der Waals surface area contributed by atoms with Gasteiger partial charge in [0.2, 0.25) is 11.8 Å². The molecule has 0 bridgehead atoms. The average Bonchev–Trinajstić information content (AvgIpc) is 2.86. The number of hydrogen-bond donors (Lipinski definition) is 1. The first kappa shape index (κ1) is 20.0. The van der Waals surface area contributed by atoms with Crippen molar-refractivity contribution in [1.82, 2.24) is 24.6 Å². The Bertz CT molecular complexity index is 804. The highest BCUT2D eigenvalue weighted by molar-refractivity contribution is 5.90. The highest BCUT2D eigenvalue weighted by Crippen LogP contribution is 2.08. The quantitative estimate of drug-likeness (QED) is 0.815. The molecule has 0 unspecified atom stereocenters. The van der Waals surface area contributed by atoms with Gasteiger partial charge in [-0.15, -0.1) is 0 Å². The summed E-state index contributed by atoms with van der Waals surface area (Å²) >= 11 is 0. The summed E-state index contributed by atoms with van der Waals surface area (Å²) in [7, 11) is 0. The van der Waals surface area contributed by atoms with E-state index in [0.717, 1.165) is 37.4 Å². The van der Waals surface area contributed by atoms with Gasteiger partial charge in [0.15, 0.2) is 0 Å². The van der Waals surface area contributed by atoms with Crippen molar-refractivity contribution in [2.75, 3.05) is 38.0 Å². The molecule has 3 rings (SSSR count). The van der Waals surface area contributed by atoms with Crippen LogP contribution in [0.1, 0.15) is 24.2 Å². The maximum atomic E-state index is 12.6. The van der Waals surface area contributed by atoms with Gasteiger partial charge in [0.1, 0.15) is 6.54 Å². The van der Waals surface area contributed by atoms with Crippen LogP contribution in [0.4, 0.5) is 5.69 Å². The molecule has 0 saturated carbocycles. The Balaban J connectivity index is 1.43. The molecule has 0 radical (unpaired) electrons. The van der Waals surface area contributed by atoms with Crippen molar-refractivity contribution in [2.24, 2.45) is 0 Å². The molecule has 8 nitrogen and oxygen atoms in total. The molecule has 2 aromatic heterocycles. The van der Waals surface area contributed by atoms with Crippen LogP contribution < -0.4 is 5.32 Å². The minimum absolute atomic E-state index is 0.0188. The van der Waals surface area contributed by atoms with Crippen LogP contribution >= 0.6 is 0 Å². The van der Waals surface area contributed by atoms with Gasteiger partial charge in [0.05, 0.1) is 17.6 Å². The van der Waals surface area contributed by atoms with Gasteiger partial charge in [-0.25, -0.2) is 0 Å². The van der Waals surface area contributed by atoms with E-state index >= 15 is 0 Å². The first-order valence-corrected chi connectivity index (χ1v) is 9.72. The predicted molar refractivity (Wildman–Crippen MR) is 107 cm³/mol. The van der Waals surface area contributed by atoms with Gasteiger partial charge >= 0.3 is 0 Å². The number of nitrogens with one attached hydrogen (secondary N) is 1. The van der Waals surface area contributed by atoms with E-state index in [9.17, 15) is 9.59 Å². The predicted octanol–water partition coefficient (Wildman–Crippen LogP) is 1.46. The van der Waals surface area contributed by atoms with E-state index in [2.05, 4.69) is 20.3 Å². The Labute approximate surface area is 165 Å². The third-order valence-electron chi connectivity index (χ3n) is 4.93. The lowest BCUT2D eigenvalue weighted by molar-refractivity contribution is -0.132. The Kier molecular flexibility index (Phi) is 6.76. The number of carbonyl (C=O) groups excluding carboxylic acids is 2. The third-order valence-corrected chi connectivity index (χ3v) is 4.93. The molecule has 28 heavy (non-hydrogen) atoms. The largest absolute Gasteiger partial charge is 0.340 e. The topological polar surface area (TPSA) is 83.4 Å². The number of nitrogens with zero attached hydrogens (tertiary/aromatic N) is 5. The molecule has 1 aliphatic rings. The molecule has 3 heterocycles. The molecule has 0 aliphatic carbocycles.